The molecule has 0 aliphatic heterocycles. The summed E-state index contributed by atoms with van der Waals surface area (Å²) in [5, 5.41) is 0.746. The SMILES string of the molecule is [CH2]COCc1cccc(Cl)c1. The van der Waals surface area contributed by atoms with Crippen molar-refractivity contribution in [1.82, 2.24) is 0 Å². The molecule has 0 N–H and O–H groups in total. The predicted octanol–water partition coefficient (Wildman–Crippen LogP) is 2.69. The highest BCUT2D eigenvalue weighted by Gasteiger charge is 1.91. The van der Waals surface area contributed by atoms with Gasteiger partial charge in [-0.1, -0.05) is 23.7 Å². The normalized spacial score (nSPS) is 10.0. The third-order valence-electron chi connectivity index (χ3n) is 1.30. The highest BCUT2D eigenvalue weighted by Crippen LogP contribution is 2.10. The lowest BCUT2D eigenvalue weighted by Crippen LogP contribution is -1.90. The Morgan fingerprint density at radius 1 is 1.45 bits per heavy atom. The summed E-state index contributed by atoms with van der Waals surface area (Å²) < 4.78 is 5.10. The van der Waals surface area contributed by atoms with Crippen molar-refractivity contribution >= 4 is 11.6 Å². The number of benzene rings is 1. The van der Waals surface area contributed by atoms with Gasteiger partial charge in [0.15, 0.2) is 0 Å². The minimum atomic E-state index is 0.493. The first-order valence-corrected chi connectivity index (χ1v) is 3.82. The second-order valence-electron chi connectivity index (χ2n) is 2.18. The highest BCUT2D eigenvalue weighted by atomic mass is 35.5. The largest absolute Gasteiger partial charge is 0.377 e. The summed E-state index contributed by atoms with van der Waals surface area (Å²) in [5.41, 5.74) is 1.08. The topological polar surface area (TPSA) is 9.23 Å². The van der Waals surface area contributed by atoms with E-state index in [1.165, 1.54) is 0 Å². The molecular weight excluding hydrogens is 160 g/mol. The van der Waals surface area contributed by atoms with Crippen molar-refractivity contribution in [2.45, 2.75) is 6.61 Å². The van der Waals surface area contributed by atoms with E-state index in [0.29, 0.717) is 13.2 Å². The van der Waals surface area contributed by atoms with Crippen LogP contribution in [0.4, 0.5) is 0 Å². The maximum atomic E-state index is 5.75. The zero-order chi connectivity index (χ0) is 8.10. The summed E-state index contributed by atoms with van der Waals surface area (Å²) in [6.07, 6.45) is 0. The molecule has 0 saturated heterocycles. The van der Waals surface area contributed by atoms with Crippen molar-refractivity contribution in [3.63, 3.8) is 0 Å². The van der Waals surface area contributed by atoms with E-state index in [2.05, 4.69) is 6.92 Å². The first kappa shape index (κ1) is 8.57. The fourth-order valence-electron chi connectivity index (χ4n) is 0.817. The van der Waals surface area contributed by atoms with E-state index in [1.807, 2.05) is 24.3 Å². The van der Waals surface area contributed by atoms with Crippen LogP contribution in [0.15, 0.2) is 24.3 Å². The van der Waals surface area contributed by atoms with Gasteiger partial charge in [0.05, 0.1) is 6.61 Å². The van der Waals surface area contributed by atoms with Crippen LogP contribution < -0.4 is 0 Å². The Balaban J connectivity index is 2.56. The molecule has 1 aromatic rings. The molecule has 0 spiro atoms. The highest BCUT2D eigenvalue weighted by molar-refractivity contribution is 6.30. The van der Waals surface area contributed by atoms with Crippen molar-refractivity contribution in [2.75, 3.05) is 6.61 Å². The van der Waals surface area contributed by atoms with Crippen LogP contribution >= 0.6 is 11.6 Å². The van der Waals surface area contributed by atoms with Crippen molar-refractivity contribution in [1.29, 1.82) is 0 Å². The van der Waals surface area contributed by atoms with Crippen LogP contribution in [0, 0.1) is 6.92 Å². The lowest BCUT2D eigenvalue weighted by atomic mass is 10.2. The second-order valence-corrected chi connectivity index (χ2v) is 2.62. The van der Waals surface area contributed by atoms with Gasteiger partial charge in [0, 0.05) is 11.6 Å². The molecule has 2 heteroatoms. The Labute approximate surface area is 71.9 Å². The molecule has 0 bridgehead atoms. The molecule has 0 heterocycles. The fraction of sp³-hybridized carbons (Fsp3) is 0.222. The number of hydrogen-bond acceptors (Lipinski definition) is 1. The van der Waals surface area contributed by atoms with Gasteiger partial charge in [0.25, 0.3) is 0 Å². The minimum absolute atomic E-state index is 0.493. The molecule has 0 atom stereocenters. The molecule has 1 aromatic carbocycles. The molecule has 0 amide bonds. The Bertz CT molecular complexity index is 223. The summed E-state index contributed by atoms with van der Waals surface area (Å²) in [6, 6.07) is 7.61. The molecule has 1 radical (unpaired) electrons. The van der Waals surface area contributed by atoms with Crippen LogP contribution in [0.5, 0.6) is 0 Å². The molecule has 0 fully saturated rings. The van der Waals surface area contributed by atoms with E-state index in [9.17, 15) is 0 Å². The van der Waals surface area contributed by atoms with Gasteiger partial charge in [0.2, 0.25) is 0 Å². The molecule has 59 valence electrons. The second kappa shape index (κ2) is 4.37. The van der Waals surface area contributed by atoms with Gasteiger partial charge in [-0.15, -0.1) is 0 Å². The minimum Gasteiger partial charge on any atom is -0.377 e. The smallest absolute Gasteiger partial charge is 0.0717 e. The van der Waals surface area contributed by atoms with Crippen molar-refractivity contribution in [2.24, 2.45) is 0 Å². The van der Waals surface area contributed by atoms with Crippen LogP contribution in [-0.4, -0.2) is 6.61 Å². The van der Waals surface area contributed by atoms with Gasteiger partial charge in [0.1, 0.15) is 0 Å². The van der Waals surface area contributed by atoms with Crippen molar-refractivity contribution in [3.05, 3.63) is 41.8 Å². The predicted molar refractivity (Wildman–Crippen MR) is 46.5 cm³/mol. The van der Waals surface area contributed by atoms with Gasteiger partial charge in [-0.3, -0.25) is 0 Å². The van der Waals surface area contributed by atoms with Gasteiger partial charge < -0.3 is 4.74 Å². The van der Waals surface area contributed by atoms with Crippen LogP contribution in [0.3, 0.4) is 0 Å². The maximum Gasteiger partial charge on any atom is 0.0717 e. The lowest BCUT2D eigenvalue weighted by Gasteiger charge is -2.00. The van der Waals surface area contributed by atoms with Crippen molar-refractivity contribution in [3.8, 4) is 0 Å². The third kappa shape index (κ3) is 2.91. The fourth-order valence-corrected chi connectivity index (χ4v) is 1.03. The first-order chi connectivity index (χ1) is 5.33. The molecule has 0 aliphatic rings. The van der Waals surface area contributed by atoms with Crippen LogP contribution in [0.2, 0.25) is 5.02 Å². The van der Waals surface area contributed by atoms with Crippen LogP contribution in [0.25, 0.3) is 0 Å². The van der Waals surface area contributed by atoms with E-state index in [1.54, 1.807) is 0 Å². The monoisotopic (exact) mass is 169 g/mol. The van der Waals surface area contributed by atoms with E-state index in [4.69, 9.17) is 16.3 Å². The Kier molecular flexibility index (Phi) is 3.40. The summed E-state index contributed by atoms with van der Waals surface area (Å²) in [7, 11) is 0. The molecule has 0 unspecified atom stereocenters. The van der Waals surface area contributed by atoms with Gasteiger partial charge >= 0.3 is 0 Å². The molecule has 1 nitrogen and oxygen atoms in total. The quantitative estimate of drug-likeness (QED) is 0.676. The summed E-state index contributed by atoms with van der Waals surface area (Å²) in [4.78, 5) is 0. The molecule has 0 saturated carbocycles. The first-order valence-electron chi connectivity index (χ1n) is 3.44. The zero-order valence-electron chi connectivity index (χ0n) is 6.22. The van der Waals surface area contributed by atoms with Crippen molar-refractivity contribution < 1.29 is 4.74 Å². The summed E-state index contributed by atoms with van der Waals surface area (Å²) in [6.45, 7) is 4.65. The lowest BCUT2D eigenvalue weighted by molar-refractivity contribution is 0.147. The van der Waals surface area contributed by atoms with E-state index >= 15 is 0 Å². The Morgan fingerprint density at radius 2 is 2.27 bits per heavy atom. The molecular formula is C9H10ClO. The Morgan fingerprint density at radius 3 is 2.91 bits per heavy atom. The van der Waals surface area contributed by atoms with Crippen LogP contribution in [0.1, 0.15) is 5.56 Å². The molecule has 0 aromatic heterocycles. The standard InChI is InChI=1S/C9H10ClO/c1-2-11-7-8-4-3-5-9(10)6-8/h3-6H,1-2,7H2. The average molecular weight is 170 g/mol. The molecule has 1 rings (SSSR count). The third-order valence-corrected chi connectivity index (χ3v) is 1.54. The van der Waals surface area contributed by atoms with Gasteiger partial charge in [-0.2, -0.15) is 0 Å². The summed E-state index contributed by atoms with van der Waals surface area (Å²) in [5.74, 6) is 0. The van der Waals surface area contributed by atoms with Crippen LogP contribution in [-0.2, 0) is 11.3 Å². The van der Waals surface area contributed by atoms with E-state index in [-0.39, 0.29) is 0 Å². The van der Waals surface area contributed by atoms with E-state index < -0.39 is 0 Å². The molecule has 11 heavy (non-hydrogen) atoms. The molecule has 0 aliphatic carbocycles. The van der Waals surface area contributed by atoms with Gasteiger partial charge in [-0.25, -0.2) is 0 Å². The van der Waals surface area contributed by atoms with Gasteiger partial charge in [-0.05, 0) is 24.6 Å². The maximum absolute atomic E-state index is 5.75. The number of ether oxygens (including phenoxy) is 1. The zero-order valence-corrected chi connectivity index (χ0v) is 6.97. The van der Waals surface area contributed by atoms with E-state index in [0.717, 1.165) is 10.6 Å². The number of halogens is 1. The number of rotatable bonds is 3. The Hall–Kier alpha value is -0.530. The average Bonchev–Trinajstić information content (AvgIpc) is 2.01. The summed E-state index contributed by atoms with van der Waals surface area (Å²) >= 11 is 5.75. The number of hydrogen-bond donors (Lipinski definition) is 0.